The first-order valence-corrected chi connectivity index (χ1v) is 6.15. The van der Waals surface area contributed by atoms with Crippen molar-refractivity contribution >= 4 is 10.8 Å². The maximum atomic E-state index is 11.7. The van der Waals surface area contributed by atoms with Gasteiger partial charge in [-0.25, -0.2) is 0 Å². The van der Waals surface area contributed by atoms with Gasteiger partial charge < -0.3 is 5.11 Å². The number of hydrogen-bond acceptors (Lipinski definition) is 2. The standard InChI is InChI=1S/C10H16O2S/c1-2-5-10(11)6-8-3-4-9(7-10)13(8)12/h2,8-9,11H,1,3-7H2. The van der Waals surface area contributed by atoms with Crippen molar-refractivity contribution in [2.24, 2.45) is 0 Å². The Hall–Kier alpha value is -0.150. The monoisotopic (exact) mass is 200 g/mol. The lowest BCUT2D eigenvalue weighted by atomic mass is 9.90. The fraction of sp³-hybridized carbons (Fsp3) is 0.800. The first-order chi connectivity index (χ1) is 6.14. The van der Waals surface area contributed by atoms with Crippen LogP contribution in [0.15, 0.2) is 12.7 Å². The van der Waals surface area contributed by atoms with Gasteiger partial charge >= 0.3 is 0 Å². The third-order valence-corrected chi connectivity index (χ3v) is 5.33. The molecule has 0 aromatic heterocycles. The van der Waals surface area contributed by atoms with Crippen LogP contribution >= 0.6 is 0 Å². The third kappa shape index (κ3) is 1.59. The molecule has 0 aliphatic carbocycles. The Kier molecular flexibility index (Phi) is 2.32. The first-order valence-electron chi connectivity index (χ1n) is 4.87. The largest absolute Gasteiger partial charge is 0.389 e. The van der Waals surface area contributed by atoms with Gasteiger partial charge in [-0.2, -0.15) is 0 Å². The van der Waals surface area contributed by atoms with E-state index in [9.17, 15) is 9.32 Å². The first kappa shape index (κ1) is 9.41. The van der Waals surface area contributed by atoms with Crippen LogP contribution < -0.4 is 0 Å². The van der Waals surface area contributed by atoms with Crippen molar-refractivity contribution in [3.63, 3.8) is 0 Å². The van der Waals surface area contributed by atoms with Crippen LogP contribution in [0, 0.1) is 0 Å². The van der Waals surface area contributed by atoms with Gasteiger partial charge in [0, 0.05) is 21.3 Å². The SMILES string of the molecule is C=CCC1(O)CC2CCC(C1)S2=O. The van der Waals surface area contributed by atoms with Gasteiger partial charge in [-0.15, -0.1) is 6.58 Å². The van der Waals surface area contributed by atoms with Gasteiger partial charge in [0.25, 0.3) is 0 Å². The summed E-state index contributed by atoms with van der Waals surface area (Å²) in [5, 5.41) is 10.7. The highest BCUT2D eigenvalue weighted by molar-refractivity contribution is 7.86. The molecule has 13 heavy (non-hydrogen) atoms. The van der Waals surface area contributed by atoms with Crippen molar-refractivity contribution in [2.75, 3.05) is 0 Å². The van der Waals surface area contributed by atoms with E-state index in [-0.39, 0.29) is 10.5 Å². The molecule has 2 heterocycles. The van der Waals surface area contributed by atoms with E-state index in [2.05, 4.69) is 6.58 Å². The summed E-state index contributed by atoms with van der Waals surface area (Å²) in [7, 11) is -0.663. The van der Waals surface area contributed by atoms with Gasteiger partial charge in [0.15, 0.2) is 0 Å². The van der Waals surface area contributed by atoms with E-state index in [4.69, 9.17) is 0 Å². The number of aliphatic hydroxyl groups is 1. The Morgan fingerprint density at radius 3 is 2.46 bits per heavy atom. The lowest BCUT2D eigenvalue weighted by Gasteiger charge is -2.35. The fourth-order valence-electron chi connectivity index (χ4n) is 2.61. The van der Waals surface area contributed by atoms with E-state index in [1.54, 1.807) is 6.08 Å². The molecule has 2 atom stereocenters. The van der Waals surface area contributed by atoms with Crippen molar-refractivity contribution in [3.05, 3.63) is 12.7 Å². The second-order valence-electron chi connectivity index (χ2n) is 4.28. The van der Waals surface area contributed by atoms with E-state index in [0.717, 1.165) is 12.8 Å². The van der Waals surface area contributed by atoms with Crippen LogP contribution in [0.4, 0.5) is 0 Å². The molecule has 1 N–H and O–H groups in total. The predicted octanol–water partition coefficient (Wildman–Crippen LogP) is 1.37. The van der Waals surface area contributed by atoms with Gasteiger partial charge in [0.05, 0.1) is 5.60 Å². The minimum Gasteiger partial charge on any atom is -0.389 e. The van der Waals surface area contributed by atoms with Crippen LogP contribution in [0.3, 0.4) is 0 Å². The molecule has 0 aromatic rings. The highest BCUT2D eigenvalue weighted by Gasteiger charge is 2.46. The summed E-state index contributed by atoms with van der Waals surface area (Å²) in [6.45, 7) is 3.65. The zero-order chi connectivity index (χ0) is 9.47. The normalized spacial score (nSPS) is 49.2. The Morgan fingerprint density at radius 1 is 1.46 bits per heavy atom. The molecule has 2 bridgehead atoms. The van der Waals surface area contributed by atoms with Gasteiger partial charge in [-0.1, -0.05) is 6.08 Å². The molecule has 0 amide bonds. The van der Waals surface area contributed by atoms with Crippen molar-refractivity contribution < 1.29 is 9.32 Å². The van der Waals surface area contributed by atoms with Gasteiger partial charge in [-0.3, -0.25) is 4.21 Å². The molecule has 2 saturated heterocycles. The summed E-state index contributed by atoms with van der Waals surface area (Å²) >= 11 is 0. The lowest BCUT2D eigenvalue weighted by molar-refractivity contribution is 0.0257. The average Bonchev–Trinajstić information content (AvgIpc) is 2.34. The maximum Gasteiger partial charge on any atom is 0.0704 e. The Labute approximate surface area is 81.5 Å². The molecular formula is C10H16O2S. The molecule has 0 saturated carbocycles. The van der Waals surface area contributed by atoms with Gasteiger partial charge in [-0.05, 0) is 32.1 Å². The second-order valence-corrected chi connectivity index (χ2v) is 6.27. The van der Waals surface area contributed by atoms with E-state index in [1.807, 2.05) is 0 Å². The van der Waals surface area contributed by atoms with Crippen molar-refractivity contribution in [2.45, 2.75) is 48.2 Å². The Bertz CT molecular complexity index is 233. The Morgan fingerprint density at radius 2 is 2.00 bits per heavy atom. The summed E-state index contributed by atoms with van der Waals surface area (Å²) in [6, 6.07) is 0. The molecule has 2 fully saturated rings. The maximum absolute atomic E-state index is 11.7. The molecule has 0 radical (unpaired) electrons. The van der Waals surface area contributed by atoms with E-state index in [0.29, 0.717) is 19.3 Å². The molecule has 0 aromatic carbocycles. The summed E-state index contributed by atoms with van der Waals surface area (Å²) < 4.78 is 11.7. The zero-order valence-corrected chi connectivity index (χ0v) is 8.55. The quantitative estimate of drug-likeness (QED) is 0.684. The van der Waals surface area contributed by atoms with Crippen molar-refractivity contribution in [3.8, 4) is 0 Å². The molecule has 2 unspecified atom stereocenters. The summed E-state index contributed by atoms with van der Waals surface area (Å²) in [5.41, 5.74) is -0.596. The fourth-order valence-corrected chi connectivity index (χ4v) is 4.84. The lowest BCUT2D eigenvalue weighted by Crippen LogP contribution is -2.41. The number of fused-ring (bicyclic) bond motifs is 2. The van der Waals surface area contributed by atoms with E-state index >= 15 is 0 Å². The second kappa shape index (κ2) is 3.21. The summed E-state index contributed by atoms with van der Waals surface area (Å²) in [5.74, 6) is 0. The van der Waals surface area contributed by atoms with Crippen LogP contribution in [0.2, 0.25) is 0 Å². The smallest absolute Gasteiger partial charge is 0.0704 e. The topological polar surface area (TPSA) is 37.3 Å². The molecule has 2 aliphatic rings. The van der Waals surface area contributed by atoms with Crippen LogP contribution in [0.1, 0.15) is 32.1 Å². The molecule has 3 heteroatoms. The Balaban J connectivity index is 2.13. The molecule has 2 nitrogen and oxygen atoms in total. The van der Waals surface area contributed by atoms with Gasteiger partial charge in [0.1, 0.15) is 0 Å². The highest BCUT2D eigenvalue weighted by Crippen LogP contribution is 2.42. The number of hydrogen-bond donors (Lipinski definition) is 1. The van der Waals surface area contributed by atoms with Crippen LogP contribution in [0.5, 0.6) is 0 Å². The molecule has 74 valence electrons. The molecule has 2 rings (SSSR count). The van der Waals surface area contributed by atoms with Gasteiger partial charge in [0.2, 0.25) is 0 Å². The zero-order valence-electron chi connectivity index (χ0n) is 7.74. The predicted molar refractivity (Wildman–Crippen MR) is 54.0 cm³/mol. The van der Waals surface area contributed by atoms with Crippen molar-refractivity contribution in [1.29, 1.82) is 0 Å². The highest BCUT2D eigenvalue weighted by atomic mass is 32.2. The minimum atomic E-state index is -0.663. The van der Waals surface area contributed by atoms with Crippen LogP contribution in [-0.2, 0) is 10.8 Å². The summed E-state index contributed by atoms with van der Waals surface area (Å²) in [4.78, 5) is 0. The summed E-state index contributed by atoms with van der Waals surface area (Å²) in [6.07, 6.45) is 5.92. The molecule has 2 aliphatic heterocycles. The van der Waals surface area contributed by atoms with Crippen LogP contribution in [-0.4, -0.2) is 25.4 Å². The minimum absolute atomic E-state index is 0.253. The average molecular weight is 200 g/mol. The van der Waals surface area contributed by atoms with Crippen LogP contribution in [0.25, 0.3) is 0 Å². The third-order valence-electron chi connectivity index (χ3n) is 3.21. The van der Waals surface area contributed by atoms with Crippen molar-refractivity contribution in [1.82, 2.24) is 0 Å². The van der Waals surface area contributed by atoms with E-state index in [1.165, 1.54) is 0 Å². The van der Waals surface area contributed by atoms with E-state index < -0.39 is 16.4 Å². The molecule has 0 spiro atoms. The number of rotatable bonds is 2. The molecular weight excluding hydrogens is 184 g/mol.